The van der Waals surface area contributed by atoms with Crippen LogP contribution in [0.2, 0.25) is 5.02 Å². The van der Waals surface area contributed by atoms with Gasteiger partial charge < -0.3 is 14.4 Å². The Labute approximate surface area is 155 Å². The first-order chi connectivity index (χ1) is 12.0. The Morgan fingerprint density at radius 3 is 2.92 bits per heavy atom. The van der Waals surface area contributed by atoms with Crippen LogP contribution in [0.3, 0.4) is 0 Å². The zero-order valence-electron chi connectivity index (χ0n) is 14.2. The normalized spacial score (nSPS) is 17.6. The number of carbonyl (C=O) groups is 2. The lowest BCUT2D eigenvalue weighted by Gasteiger charge is -2.30. The zero-order valence-corrected chi connectivity index (χ0v) is 15.8. The molecule has 1 unspecified atom stereocenters. The van der Waals surface area contributed by atoms with E-state index in [0.29, 0.717) is 21.6 Å². The molecule has 2 aromatic rings. The SMILES string of the molecule is COc1ccc2c(Cl)c(C(=O)OCC(=O)N3CCCC(C)C3)sc2c1. The van der Waals surface area contributed by atoms with Crippen LogP contribution in [0.4, 0.5) is 0 Å². The van der Waals surface area contributed by atoms with Gasteiger partial charge in [0.2, 0.25) is 0 Å². The Hall–Kier alpha value is -1.79. The standard InChI is InChI=1S/C18H20ClNO4S/c1-11-4-3-7-20(9-11)15(21)10-24-18(22)17-16(19)13-6-5-12(23-2)8-14(13)25-17/h5-6,8,11H,3-4,7,9-10H2,1-2H3. The second-order valence-electron chi connectivity index (χ2n) is 6.27. The van der Waals surface area contributed by atoms with Crippen molar-refractivity contribution in [1.82, 2.24) is 4.90 Å². The van der Waals surface area contributed by atoms with E-state index >= 15 is 0 Å². The number of methoxy groups -OCH3 is 1. The van der Waals surface area contributed by atoms with Crippen molar-refractivity contribution in [2.45, 2.75) is 19.8 Å². The molecule has 1 fully saturated rings. The maximum absolute atomic E-state index is 12.3. The van der Waals surface area contributed by atoms with Crippen molar-refractivity contribution in [3.63, 3.8) is 0 Å². The second kappa shape index (κ2) is 7.62. The first-order valence-corrected chi connectivity index (χ1v) is 9.40. The highest BCUT2D eigenvalue weighted by Crippen LogP contribution is 2.37. The number of piperidine rings is 1. The van der Waals surface area contributed by atoms with Crippen LogP contribution in [-0.4, -0.2) is 43.6 Å². The van der Waals surface area contributed by atoms with Crippen molar-refractivity contribution in [2.24, 2.45) is 5.92 Å². The molecule has 0 aliphatic carbocycles. The van der Waals surface area contributed by atoms with Crippen LogP contribution in [0.25, 0.3) is 10.1 Å². The van der Waals surface area contributed by atoms with Gasteiger partial charge in [-0.1, -0.05) is 18.5 Å². The Balaban J connectivity index is 1.68. The predicted molar refractivity (Wildman–Crippen MR) is 98.6 cm³/mol. The van der Waals surface area contributed by atoms with Gasteiger partial charge in [0.05, 0.1) is 12.1 Å². The van der Waals surface area contributed by atoms with Crippen LogP contribution in [0.1, 0.15) is 29.4 Å². The fourth-order valence-electron chi connectivity index (χ4n) is 3.00. The fourth-order valence-corrected chi connectivity index (χ4v) is 4.43. The minimum Gasteiger partial charge on any atom is -0.497 e. The molecule has 1 aliphatic rings. The zero-order chi connectivity index (χ0) is 18.0. The number of halogens is 1. The molecule has 1 atom stereocenters. The smallest absolute Gasteiger partial charge is 0.350 e. The first kappa shape index (κ1) is 18.0. The van der Waals surface area contributed by atoms with Gasteiger partial charge in [-0.2, -0.15) is 0 Å². The Kier molecular flexibility index (Phi) is 5.49. The highest BCUT2D eigenvalue weighted by molar-refractivity contribution is 7.21. The summed E-state index contributed by atoms with van der Waals surface area (Å²) in [6.07, 6.45) is 2.12. The molecule has 0 radical (unpaired) electrons. The molecule has 134 valence electrons. The molecule has 1 saturated heterocycles. The number of esters is 1. The van der Waals surface area contributed by atoms with E-state index in [9.17, 15) is 9.59 Å². The van der Waals surface area contributed by atoms with E-state index in [4.69, 9.17) is 21.1 Å². The maximum atomic E-state index is 12.3. The first-order valence-electron chi connectivity index (χ1n) is 8.20. The number of benzene rings is 1. The van der Waals surface area contributed by atoms with E-state index in [2.05, 4.69) is 6.92 Å². The van der Waals surface area contributed by atoms with Crippen LogP contribution >= 0.6 is 22.9 Å². The topological polar surface area (TPSA) is 55.8 Å². The molecule has 3 rings (SSSR count). The summed E-state index contributed by atoms with van der Waals surface area (Å²) in [7, 11) is 1.58. The maximum Gasteiger partial charge on any atom is 0.350 e. The quantitative estimate of drug-likeness (QED) is 0.752. The lowest BCUT2D eigenvalue weighted by atomic mass is 10.0. The van der Waals surface area contributed by atoms with Crippen LogP contribution in [0, 0.1) is 5.92 Å². The minimum absolute atomic E-state index is 0.154. The average molecular weight is 382 g/mol. The van der Waals surface area contributed by atoms with E-state index in [1.807, 2.05) is 12.1 Å². The Morgan fingerprint density at radius 1 is 1.40 bits per heavy atom. The van der Waals surface area contributed by atoms with Crippen molar-refractivity contribution in [3.8, 4) is 5.75 Å². The molecular weight excluding hydrogens is 362 g/mol. The summed E-state index contributed by atoms with van der Waals surface area (Å²) < 4.78 is 11.2. The van der Waals surface area contributed by atoms with E-state index in [1.165, 1.54) is 11.3 Å². The molecule has 25 heavy (non-hydrogen) atoms. The monoisotopic (exact) mass is 381 g/mol. The van der Waals surface area contributed by atoms with E-state index < -0.39 is 5.97 Å². The highest BCUT2D eigenvalue weighted by atomic mass is 35.5. The molecule has 1 aliphatic heterocycles. The van der Waals surface area contributed by atoms with Gasteiger partial charge in [0.25, 0.3) is 5.91 Å². The molecule has 1 aromatic heterocycles. The van der Waals surface area contributed by atoms with Gasteiger partial charge >= 0.3 is 5.97 Å². The number of likely N-dealkylation sites (tertiary alicyclic amines) is 1. The van der Waals surface area contributed by atoms with Crippen LogP contribution in [-0.2, 0) is 9.53 Å². The van der Waals surface area contributed by atoms with Gasteiger partial charge in [0.15, 0.2) is 6.61 Å². The second-order valence-corrected chi connectivity index (χ2v) is 7.70. The Bertz CT molecular complexity index is 804. The van der Waals surface area contributed by atoms with Crippen molar-refractivity contribution in [3.05, 3.63) is 28.1 Å². The summed E-state index contributed by atoms with van der Waals surface area (Å²) in [6, 6.07) is 5.42. The van der Waals surface area contributed by atoms with Gasteiger partial charge in [0.1, 0.15) is 10.6 Å². The molecule has 2 heterocycles. The third-order valence-electron chi connectivity index (χ3n) is 4.36. The number of hydrogen-bond donors (Lipinski definition) is 0. The molecule has 0 saturated carbocycles. The summed E-state index contributed by atoms with van der Waals surface area (Å²) >= 11 is 7.54. The minimum atomic E-state index is -0.566. The van der Waals surface area contributed by atoms with Gasteiger partial charge in [0, 0.05) is 23.2 Å². The van der Waals surface area contributed by atoms with Crippen molar-refractivity contribution < 1.29 is 19.1 Å². The summed E-state index contributed by atoms with van der Waals surface area (Å²) in [5, 5.41) is 1.13. The largest absolute Gasteiger partial charge is 0.497 e. The number of thiophene rings is 1. The van der Waals surface area contributed by atoms with E-state index in [-0.39, 0.29) is 12.5 Å². The highest BCUT2D eigenvalue weighted by Gasteiger charge is 2.24. The summed E-state index contributed by atoms with van der Waals surface area (Å²) in [4.78, 5) is 26.6. The average Bonchev–Trinajstić information content (AvgIpc) is 2.95. The molecule has 7 heteroatoms. The van der Waals surface area contributed by atoms with Crippen molar-refractivity contribution >= 4 is 44.9 Å². The number of fused-ring (bicyclic) bond motifs is 1. The number of ether oxygens (including phenoxy) is 2. The fraction of sp³-hybridized carbons (Fsp3) is 0.444. The lowest BCUT2D eigenvalue weighted by Crippen LogP contribution is -2.41. The number of carbonyl (C=O) groups excluding carboxylic acids is 2. The van der Waals surface area contributed by atoms with Crippen molar-refractivity contribution in [2.75, 3.05) is 26.8 Å². The predicted octanol–water partition coefficient (Wildman–Crippen LogP) is 3.98. The molecule has 0 bridgehead atoms. The molecular formula is C18H20ClNO4S. The van der Waals surface area contributed by atoms with Gasteiger partial charge in [-0.05, 0) is 37.0 Å². The third-order valence-corrected chi connectivity index (χ3v) is 6.00. The van der Waals surface area contributed by atoms with Crippen molar-refractivity contribution in [1.29, 1.82) is 0 Å². The van der Waals surface area contributed by atoms with E-state index in [0.717, 1.165) is 36.0 Å². The summed E-state index contributed by atoms with van der Waals surface area (Å²) in [5.41, 5.74) is 0. The number of rotatable bonds is 4. The number of amides is 1. The summed E-state index contributed by atoms with van der Waals surface area (Å²) in [6.45, 7) is 3.32. The molecule has 0 spiro atoms. The number of hydrogen-bond acceptors (Lipinski definition) is 5. The molecule has 1 aromatic carbocycles. The van der Waals surface area contributed by atoms with Gasteiger partial charge in [-0.3, -0.25) is 4.79 Å². The third kappa shape index (κ3) is 3.90. The van der Waals surface area contributed by atoms with Crippen LogP contribution < -0.4 is 4.74 Å². The molecule has 5 nitrogen and oxygen atoms in total. The Morgan fingerprint density at radius 2 is 2.20 bits per heavy atom. The van der Waals surface area contributed by atoms with Gasteiger partial charge in [-0.15, -0.1) is 11.3 Å². The number of nitrogens with zero attached hydrogens (tertiary/aromatic N) is 1. The molecule has 0 N–H and O–H groups in total. The van der Waals surface area contributed by atoms with Gasteiger partial charge in [-0.25, -0.2) is 4.79 Å². The van der Waals surface area contributed by atoms with Crippen LogP contribution in [0.15, 0.2) is 18.2 Å². The van der Waals surface area contributed by atoms with Crippen LogP contribution in [0.5, 0.6) is 5.75 Å². The summed E-state index contributed by atoms with van der Waals surface area (Å²) in [5.74, 6) is 0.461. The lowest BCUT2D eigenvalue weighted by molar-refractivity contribution is -0.136. The molecule has 1 amide bonds. The van der Waals surface area contributed by atoms with E-state index in [1.54, 1.807) is 18.1 Å².